The fourth-order valence-electron chi connectivity index (χ4n) is 2.24. The highest BCUT2D eigenvalue weighted by atomic mass is 127. The number of halogens is 1. The van der Waals surface area contributed by atoms with Gasteiger partial charge in [-0.2, -0.15) is 4.98 Å². The lowest BCUT2D eigenvalue weighted by Crippen LogP contribution is -2.48. The molecule has 2 aromatic heterocycles. The fraction of sp³-hybridized carbons (Fsp3) is 0.500. The molecule has 3 N–H and O–H groups in total. The molecule has 0 radical (unpaired) electrons. The van der Waals surface area contributed by atoms with Crippen LogP contribution in [0.5, 0.6) is 0 Å². The van der Waals surface area contributed by atoms with Crippen LogP contribution in [0.4, 0.5) is 5.95 Å². The van der Waals surface area contributed by atoms with Gasteiger partial charge in [-0.15, -0.1) is 16.4 Å². The molecule has 102 valence electrons. The Balaban J connectivity index is 1.78. The third-order valence-corrected chi connectivity index (χ3v) is 5.40. The van der Waals surface area contributed by atoms with Crippen LogP contribution in [0.25, 0.3) is 11.4 Å². The van der Waals surface area contributed by atoms with Crippen LogP contribution < -0.4 is 10.6 Å². The smallest absolute Gasteiger partial charge is 0.245 e. The monoisotopic (exact) mass is 389 g/mol. The molecule has 19 heavy (non-hydrogen) atoms. The summed E-state index contributed by atoms with van der Waals surface area (Å²) in [6.45, 7) is 4.02. The standard InChI is InChI=1S/C12H16IN5S/c1-7-2-3-18(5-9(7)14)12-15-11(16-17-12)8-4-10(13)19-6-8/h4,6-7,9H,2-3,5,14H2,1H3,(H,15,16,17). The van der Waals surface area contributed by atoms with Crippen molar-refractivity contribution >= 4 is 39.9 Å². The predicted octanol–water partition coefficient (Wildman–Crippen LogP) is 2.31. The maximum absolute atomic E-state index is 6.12. The second kappa shape index (κ2) is 5.37. The summed E-state index contributed by atoms with van der Waals surface area (Å²) in [5.41, 5.74) is 7.22. The average Bonchev–Trinajstić information content (AvgIpc) is 3.01. The number of hydrogen-bond donors (Lipinski definition) is 2. The number of aromatic amines is 1. The molecule has 0 spiro atoms. The number of nitrogens with two attached hydrogens (primary N) is 1. The zero-order valence-electron chi connectivity index (χ0n) is 10.6. The minimum absolute atomic E-state index is 0.206. The van der Waals surface area contributed by atoms with Crippen LogP contribution in [0, 0.1) is 8.80 Å². The number of rotatable bonds is 2. The SMILES string of the molecule is CC1CCN(c2n[nH]c(-c3csc(I)c3)n2)CC1N. The van der Waals surface area contributed by atoms with Gasteiger partial charge in [0, 0.05) is 30.1 Å². The molecule has 0 aromatic carbocycles. The summed E-state index contributed by atoms with van der Waals surface area (Å²) in [6.07, 6.45) is 1.10. The number of piperidine rings is 1. The molecule has 5 nitrogen and oxygen atoms in total. The van der Waals surface area contributed by atoms with Gasteiger partial charge in [-0.3, -0.25) is 5.10 Å². The van der Waals surface area contributed by atoms with Gasteiger partial charge >= 0.3 is 0 Å². The van der Waals surface area contributed by atoms with Gasteiger partial charge in [-0.1, -0.05) is 6.92 Å². The first kappa shape index (κ1) is 13.3. The second-order valence-corrected chi connectivity index (χ2v) is 7.80. The molecule has 3 heterocycles. The summed E-state index contributed by atoms with van der Waals surface area (Å²) in [5, 5.41) is 9.43. The highest BCUT2D eigenvalue weighted by Gasteiger charge is 2.25. The molecule has 0 bridgehead atoms. The normalized spacial score (nSPS) is 23.8. The van der Waals surface area contributed by atoms with Crippen LogP contribution in [0.3, 0.4) is 0 Å². The van der Waals surface area contributed by atoms with Gasteiger partial charge in [-0.25, -0.2) is 0 Å². The minimum atomic E-state index is 0.206. The molecular formula is C12H16IN5S. The largest absolute Gasteiger partial charge is 0.338 e. The maximum atomic E-state index is 6.12. The molecule has 2 aromatic rings. The molecule has 3 rings (SSSR count). The zero-order chi connectivity index (χ0) is 13.4. The van der Waals surface area contributed by atoms with E-state index in [1.807, 2.05) is 0 Å². The van der Waals surface area contributed by atoms with Crippen molar-refractivity contribution in [1.29, 1.82) is 0 Å². The van der Waals surface area contributed by atoms with Gasteiger partial charge in [0.25, 0.3) is 0 Å². The lowest BCUT2D eigenvalue weighted by Gasteiger charge is -2.34. The third-order valence-electron chi connectivity index (χ3n) is 3.61. The molecule has 1 aliphatic heterocycles. The van der Waals surface area contributed by atoms with E-state index in [0.717, 1.165) is 36.8 Å². The van der Waals surface area contributed by atoms with E-state index >= 15 is 0 Å². The van der Waals surface area contributed by atoms with E-state index < -0.39 is 0 Å². The first-order chi connectivity index (χ1) is 9.13. The first-order valence-corrected chi connectivity index (χ1v) is 8.26. The first-order valence-electron chi connectivity index (χ1n) is 6.31. The lowest BCUT2D eigenvalue weighted by molar-refractivity contribution is 0.376. The number of nitrogens with zero attached hydrogens (tertiary/aromatic N) is 3. The Kier molecular flexibility index (Phi) is 3.77. The van der Waals surface area contributed by atoms with E-state index in [1.165, 1.54) is 2.88 Å². The van der Waals surface area contributed by atoms with Crippen LogP contribution in [0.2, 0.25) is 0 Å². The molecule has 2 unspecified atom stereocenters. The minimum Gasteiger partial charge on any atom is -0.338 e. The van der Waals surface area contributed by atoms with Gasteiger partial charge < -0.3 is 10.6 Å². The third kappa shape index (κ3) is 2.77. The Bertz CT molecular complexity index is 566. The van der Waals surface area contributed by atoms with Crippen LogP contribution in [-0.4, -0.2) is 34.3 Å². The molecule has 7 heteroatoms. The van der Waals surface area contributed by atoms with Gasteiger partial charge in [-0.05, 0) is 41.0 Å². The van der Waals surface area contributed by atoms with Gasteiger partial charge in [0.15, 0.2) is 5.82 Å². The number of aromatic nitrogens is 3. The molecule has 1 aliphatic rings. The van der Waals surface area contributed by atoms with Crippen molar-refractivity contribution < 1.29 is 0 Å². The lowest BCUT2D eigenvalue weighted by atomic mass is 9.95. The fourth-order valence-corrected chi connectivity index (χ4v) is 3.57. The summed E-state index contributed by atoms with van der Waals surface area (Å²) >= 11 is 4.02. The van der Waals surface area contributed by atoms with E-state index in [2.05, 4.69) is 61.0 Å². The Morgan fingerprint density at radius 3 is 3.11 bits per heavy atom. The van der Waals surface area contributed by atoms with E-state index in [9.17, 15) is 0 Å². The van der Waals surface area contributed by atoms with E-state index in [1.54, 1.807) is 11.3 Å². The molecule has 1 saturated heterocycles. The Morgan fingerprint density at radius 2 is 2.42 bits per heavy atom. The van der Waals surface area contributed by atoms with Gasteiger partial charge in [0.05, 0.1) is 2.88 Å². The maximum Gasteiger partial charge on any atom is 0.245 e. The van der Waals surface area contributed by atoms with E-state index in [4.69, 9.17) is 5.73 Å². The van der Waals surface area contributed by atoms with Gasteiger partial charge in [0.1, 0.15) is 0 Å². The number of H-pyrrole nitrogens is 1. The number of nitrogens with one attached hydrogen (secondary N) is 1. The van der Waals surface area contributed by atoms with Crippen molar-refractivity contribution in [3.8, 4) is 11.4 Å². The number of anilines is 1. The van der Waals surface area contributed by atoms with E-state index in [0.29, 0.717) is 5.92 Å². The zero-order valence-corrected chi connectivity index (χ0v) is 13.6. The topological polar surface area (TPSA) is 70.8 Å². The van der Waals surface area contributed by atoms with Crippen LogP contribution in [-0.2, 0) is 0 Å². The summed E-state index contributed by atoms with van der Waals surface area (Å²) in [7, 11) is 0. The van der Waals surface area contributed by atoms with Crippen molar-refractivity contribution in [2.45, 2.75) is 19.4 Å². The van der Waals surface area contributed by atoms with Crippen molar-refractivity contribution in [3.63, 3.8) is 0 Å². The summed E-state index contributed by atoms with van der Waals surface area (Å²) in [6, 6.07) is 2.32. The van der Waals surface area contributed by atoms with E-state index in [-0.39, 0.29) is 6.04 Å². The molecule has 0 amide bonds. The summed E-state index contributed by atoms with van der Waals surface area (Å²) in [5.74, 6) is 2.17. The van der Waals surface area contributed by atoms with Crippen LogP contribution >= 0.6 is 33.9 Å². The summed E-state index contributed by atoms with van der Waals surface area (Å²) < 4.78 is 1.25. The number of thiophene rings is 1. The molecule has 2 atom stereocenters. The molecule has 1 fully saturated rings. The average molecular weight is 389 g/mol. The predicted molar refractivity (Wildman–Crippen MR) is 86.4 cm³/mol. The highest BCUT2D eigenvalue weighted by molar-refractivity contribution is 14.1. The molecule has 0 aliphatic carbocycles. The Hall–Kier alpha value is -0.670. The Labute approximate surface area is 129 Å². The van der Waals surface area contributed by atoms with Crippen molar-refractivity contribution in [3.05, 3.63) is 14.3 Å². The second-order valence-electron chi connectivity index (χ2n) is 5.00. The van der Waals surface area contributed by atoms with Crippen LogP contribution in [0.1, 0.15) is 13.3 Å². The Morgan fingerprint density at radius 1 is 1.58 bits per heavy atom. The molecular weight excluding hydrogens is 373 g/mol. The molecule has 0 saturated carbocycles. The quantitative estimate of drug-likeness (QED) is 0.774. The van der Waals surface area contributed by atoms with Gasteiger partial charge in [0.2, 0.25) is 5.95 Å². The van der Waals surface area contributed by atoms with Crippen molar-refractivity contribution in [2.75, 3.05) is 18.0 Å². The number of hydrogen-bond acceptors (Lipinski definition) is 5. The van der Waals surface area contributed by atoms with Crippen molar-refractivity contribution in [2.24, 2.45) is 11.7 Å². The highest BCUT2D eigenvalue weighted by Crippen LogP contribution is 2.26. The van der Waals surface area contributed by atoms with Crippen LogP contribution in [0.15, 0.2) is 11.4 Å². The summed E-state index contributed by atoms with van der Waals surface area (Å²) in [4.78, 5) is 6.75. The van der Waals surface area contributed by atoms with Crippen molar-refractivity contribution in [1.82, 2.24) is 15.2 Å².